The van der Waals surface area contributed by atoms with Gasteiger partial charge in [-0.2, -0.15) is 4.98 Å². The van der Waals surface area contributed by atoms with Crippen LogP contribution in [0, 0.1) is 0 Å². The molecule has 30 heavy (non-hydrogen) atoms. The molecule has 2 aromatic heterocycles. The summed E-state index contributed by atoms with van der Waals surface area (Å²) in [6, 6.07) is 14.3. The molecule has 1 atom stereocenters. The maximum Gasteiger partial charge on any atom is 0.217 e. The molecule has 1 aliphatic rings. The van der Waals surface area contributed by atoms with Crippen LogP contribution in [0.25, 0.3) is 10.9 Å². The molecule has 0 aliphatic carbocycles. The minimum atomic E-state index is -0.0159. The van der Waals surface area contributed by atoms with E-state index in [0.717, 1.165) is 41.9 Å². The van der Waals surface area contributed by atoms with Crippen molar-refractivity contribution >= 4 is 22.7 Å². The fourth-order valence-electron chi connectivity index (χ4n) is 3.46. The van der Waals surface area contributed by atoms with Gasteiger partial charge >= 0.3 is 0 Å². The lowest BCUT2D eigenvalue weighted by Gasteiger charge is -2.32. The smallest absolute Gasteiger partial charge is 0.217 e. The normalized spacial score (nSPS) is 17.3. The van der Waals surface area contributed by atoms with Gasteiger partial charge in [0.15, 0.2) is 5.16 Å². The van der Waals surface area contributed by atoms with Crippen LogP contribution in [-0.4, -0.2) is 65.6 Å². The predicted octanol–water partition coefficient (Wildman–Crippen LogP) is 3.17. The zero-order valence-electron chi connectivity index (χ0n) is 17.3. The first-order valence-corrected chi connectivity index (χ1v) is 11.2. The van der Waals surface area contributed by atoms with E-state index in [1.807, 2.05) is 24.5 Å². The molecule has 8 heteroatoms. The Hall–Kier alpha value is -2.26. The number of benzene rings is 1. The fraction of sp³-hybridized carbons (Fsp3) is 0.409. The number of pyridine rings is 1. The minimum absolute atomic E-state index is 0.0159. The van der Waals surface area contributed by atoms with E-state index in [1.165, 1.54) is 11.8 Å². The van der Waals surface area contributed by atoms with E-state index in [4.69, 9.17) is 19.2 Å². The summed E-state index contributed by atoms with van der Waals surface area (Å²) in [6.07, 6.45) is 1.93. The van der Waals surface area contributed by atoms with Gasteiger partial charge in [-0.3, -0.25) is 9.88 Å². The Morgan fingerprint density at radius 3 is 2.90 bits per heavy atom. The van der Waals surface area contributed by atoms with Gasteiger partial charge in [-0.25, -0.2) is 4.98 Å². The third-order valence-electron chi connectivity index (χ3n) is 4.89. The molecule has 0 radical (unpaired) electrons. The first kappa shape index (κ1) is 21.0. The van der Waals surface area contributed by atoms with Gasteiger partial charge in [0.2, 0.25) is 5.88 Å². The molecular weight excluding hydrogens is 400 g/mol. The Kier molecular flexibility index (Phi) is 7.11. The number of para-hydroxylation sites is 1. The summed E-state index contributed by atoms with van der Waals surface area (Å²) in [7, 11) is 1.65. The Morgan fingerprint density at radius 2 is 2.03 bits per heavy atom. The van der Waals surface area contributed by atoms with Crippen LogP contribution in [0.1, 0.15) is 11.4 Å². The number of rotatable bonds is 8. The van der Waals surface area contributed by atoms with Gasteiger partial charge in [0.25, 0.3) is 0 Å². The Bertz CT molecular complexity index is 988. The largest absolute Gasteiger partial charge is 0.475 e. The SMILES string of the molecule is COCc1cc(OCC2CN(Cc3ccc4ccccc4n3)CCO2)nc(SC)n1. The number of aromatic nitrogens is 3. The van der Waals surface area contributed by atoms with Gasteiger partial charge in [0, 0.05) is 38.2 Å². The van der Waals surface area contributed by atoms with E-state index in [9.17, 15) is 0 Å². The third-order valence-corrected chi connectivity index (χ3v) is 5.44. The van der Waals surface area contributed by atoms with Crippen LogP contribution in [0.2, 0.25) is 0 Å². The van der Waals surface area contributed by atoms with Gasteiger partial charge in [0.05, 0.1) is 30.1 Å². The topological polar surface area (TPSA) is 69.6 Å². The molecule has 0 bridgehead atoms. The van der Waals surface area contributed by atoms with Crippen LogP contribution < -0.4 is 4.74 Å². The zero-order chi connectivity index (χ0) is 20.8. The molecule has 1 unspecified atom stereocenters. The molecule has 0 amide bonds. The van der Waals surface area contributed by atoms with E-state index in [2.05, 4.69) is 39.1 Å². The lowest BCUT2D eigenvalue weighted by molar-refractivity contribution is -0.0514. The molecule has 4 rings (SSSR count). The summed E-state index contributed by atoms with van der Waals surface area (Å²) in [4.78, 5) is 16.0. The second-order valence-electron chi connectivity index (χ2n) is 7.15. The first-order valence-electron chi connectivity index (χ1n) is 9.96. The van der Waals surface area contributed by atoms with Crippen molar-refractivity contribution in [3.63, 3.8) is 0 Å². The molecule has 1 aliphatic heterocycles. The van der Waals surface area contributed by atoms with Crippen molar-refractivity contribution in [3.05, 3.63) is 53.9 Å². The van der Waals surface area contributed by atoms with Crippen molar-refractivity contribution in [2.75, 3.05) is 39.7 Å². The molecule has 3 aromatic rings. The van der Waals surface area contributed by atoms with Crippen LogP contribution in [0.3, 0.4) is 0 Å². The first-order chi connectivity index (χ1) is 14.7. The lowest BCUT2D eigenvalue weighted by Crippen LogP contribution is -2.44. The van der Waals surface area contributed by atoms with E-state index in [-0.39, 0.29) is 6.10 Å². The molecule has 0 spiro atoms. The van der Waals surface area contributed by atoms with E-state index in [0.29, 0.717) is 30.9 Å². The summed E-state index contributed by atoms with van der Waals surface area (Å²) >= 11 is 1.48. The van der Waals surface area contributed by atoms with Gasteiger partial charge < -0.3 is 14.2 Å². The molecule has 1 fully saturated rings. The van der Waals surface area contributed by atoms with Gasteiger partial charge in [-0.15, -0.1) is 0 Å². The Labute approximate surface area is 180 Å². The second kappa shape index (κ2) is 10.2. The molecule has 0 N–H and O–H groups in total. The average molecular weight is 427 g/mol. The summed E-state index contributed by atoms with van der Waals surface area (Å²) in [5, 5.41) is 1.84. The van der Waals surface area contributed by atoms with Gasteiger partial charge in [-0.05, 0) is 18.4 Å². The maximum atomic E-state index is 5.94. The summed E-state index contributed by atoms with van der Waals surface area (Å²) in [5.74, 6) is 0.554. The van der Waals surface area contributed by atoms with E-state index >= 15 is 0 Å². The zero-order valence-corrected chi connectivity index (χ0v) is 18.1. The van der Waals surface area contributed by atoms with Crippen molar-refractivity contribution in [3.8, 4) is 5.88 Å². The summed E-state index contributed by atoms with van der Waals surface area (Å²) < 4.78 is 17.0. The minimum Gasteiger partial charge on any atom is -0.475 e. The molecule has 0 saturated carbocycles. The highest BCUT2D eigenvalue weighted by atomic mass is 32.2. The summed E-state index contributed by atoms with van der Waals surface area (Å²) in [5.41, 5.74) is 2.91. The predicted molar refractivity (Wildman–Crippen MR) is 117 cm³/mol. The highest BCUT2D eigenvalue weighted by Crippen LogP contribution is 2.18. The molecule has 7 nitrogen and oxygen atoms in total. The summed E-state index contributed by atoms with van der Waals surface area (Å²) in [6.45, 7) is 4.02. The van der Waals surface area contributed by atoms with E-state index in [1.54, 1.807) is 7.11 Å². The van der Waals surface area contributed by atoms with Crippen LogP contribution in [0.5, 0.6) is 5.88 Å². The van der Waals surface area contributed by atoms with Gasteiger partial charge in [0.1, 0.15) is 12.7 Å². The number of thioether (sulfide) groups is 1. The van der Waals surface area contributed by atoms with Crippen LogP contribution in [-0.2, 0) is 22.6 Å². The highest BCUT2D eigenvalue weighted by Gasteiger charge is 2.22. The average Bonchev–Trinajstić information content (AvgIpc) is 2.78. The van der Waals surface area contributed by atoms with Crippen LogP contribution >= 0.6 is 11.8 Å². The highest BCUT2D eigenvalue weighted by molar-refractivity contribution is 7.98. The number of hydrogen-bond donors (Lipinski definition) is 0. The lowest BCUT2D eigenvalue weighted by atomic mass is 10.2. The number of ether oxygens (including phenoxy) is 3. The van der Waals surface area contributed by atoms with Crippen molar-refractivity contribution in [1.29, 1.82) is 0 Å². The van der Waals surface area contributed by atoms with Crippen molar-refractivity contribution in [2.45, 2.75) is 24.4 Å². The molecule has 158 valence electrons. The fourth-order valence-corrected chi connectivity index (χ4v) is 3.85. The molecular formula is C22H26N4O3S. The third kappa shape index (κ3) is 5.46. The number of nitrogens with zero attached hydrogens (tertiary/aromatic N) is 4. The van der Waals surface area contributed by atoms with Crippen molar-refractivity contribution in [1.82, 2.24) is 19.9 Å². The molecule has 1 saturated heterocycles. The van der Waals surface area contributed by atoms with Crippen LogP contribution in [0.15, 0.2) is 47.6 Å². The monoisotopic (exact) mass is 426 g/mol. The molecule has 3 heterocycles. The van der Waals surface area contributed by atoms with Crippen molar-refractivity contribution < 1.29 is 14.2 Å². The number of fused-ring (bicyclic) bond motifs is 1. The standard InChI is InChI=1S/C22H26N4O3S/c1-27-14-18-11-21(25-22(24-18)30-2)29-15-19-13-26(9-10-28-19)12-17-8-7-16-5-3-4-6-20(16)23-17/h3-8,11,19H,9-10,12-15H2,1-2H3. The van der Waals surface area contributed by atoms with Gasteiger partial charge in [-0.1, -0.05) is 36.0 Å². The Morgan fingerprint density at radius 1 is 1.13 bits per heavy atom. The van der Waals surface area contributed by atoms with Crippen molar-refractivity contribution in [2.24, 2.45) is 0 Å². The maximum absolute atomic E-state index is 5.94. The second-order valence-corrected chi connectivity index (χ2v) is 7.92. The van der Waals surface area contributed by atoms with Crippen LogP contribution in [0.4, 0.5) is 0 Å². The van der Waals surface area contributed by atoms with E-state index < -0.39 is 0 Å². The molecule has 1 aromatic carbocycles. The number of morpholine rings is 1. The Balaban J connectivity index is 1.35. The quantitative estimate of drug-likeness (QED) is 0.402. The number of hydrogen-bond acceptors (Lipinski definition) is 8. The number of methoxy groups -OCH3 is 1.